The van der Waals surface area contributed by atoms with E-state index >= 15 is 0 Å². The van der Waals surface area contributed by atoms with Crippen LogP contribution in [0.25, 0.3) is 0 Å². The van der Waals surface area contributed by atoms with E-state index in [1.54, 1.807) is 18.4 Å². The van der Waals surface area contributed by atoms with Crippen LogP contribution in [0.2, 0.25) is 0 Å². The van der Waals surface area contributed by atoms with E-state index < -0.39 is 0 Å². The van der Waals surface area contributed by atoms with Crippen LogP contribution in [0.4, 0.5) is 10.1 Å². The third kappa shape index (κ3) is 4.39. The van der Waals surface area contributed by atoms with Gasteiger partial charge in [-0.05, 0) is 47.6 Å². The van der Waals surface area contributed by atoms with Gasteiger partial charge in [-0.2, -0.15) is 10.2 Å². The van der Waals surface area contributed by atoms with Crippen molar-refractivity contribution in [2.75, 3.05) is 7.11 Å². The number of Topliss-reactive ketones (excluding diaryl/α,β-unsaturated/α-hetero) is 1. The van der Waals surface area contributed by atoms with Crippen LogP contribution < -0.4 is 0 Å². The third-order valence-electron chi connectivity index (χ3n) is 3.82. The van der Waals surface area contributed by atoms with Crippen molar-refractivity contribution in [2.45, 2.75) is 6.42 Å². The second kappa shape index (κ2) is 8.16. The van der Waals surface area contributed by atoms with Crippen molar-refractivity contribution in [3.05, 3.63) is 101 Å². The van der Waals surface area contributed by atoms with E-state index in [1.807, 2.05) is 30.3 Å². The maximum absolute atomic E-state index is 12.9. The van der Waals surface area contributed by atoms with Gasteiger partial charge in [-0.1, -0.05) is 30.3 Å². The summed E-state index contributed by atoms with van der Waals surface area (Å²) in [6.07, 6.45) is 5.45. The molecule has 26 heavy (non-hydrogen) atoms. The zero-order valence-electron chi connectivity index (χ0n) is 14.2. The monoisotopic (exact) mass is 348 g/mol. The van der Waals surface area contributed by atoms with E-state index in [9.17, 15) is 9.18 Å². The van der Waals surface area contributed by atoms with Crippen LogP contribution >= 0.6 is 0 Å². The Morgan fingerprint density at radius 2 is 1.77 bits per heavy atom. The number of hydrogen-bond donors (Lipinski definition) is 0. The van der Waals surface area contributed by atoms with Crippen molar-refractivity contribution in [3.8, 4) is 0 Å². The smallest absolute Gasteiger partial charge is 0.223 e. The largest absolute Gasteiger partial charge is 0.493 e. The van der Waals surface area contributed by atoms with Gasteiger partial charge in [-0.15, -0.1) is 0 Å². The van der Waals surface area contributed by atoms with Gasteiger partial charge in [-0.25, -0.2) is 4.39 Å². The highest BCUT2D eigenvalue weighted by atomic mass is 19.1. The number of methoxy groups -OCH3 is 1. The van der Waals surface area contributed by atoms with Gasteiger partial charge in [0.15, 0.2) is 5.76 Å². The van der Waals surface area contributed by atoms with E-state index in [4.69, 9.17) is 4.74 Å². The first-order valence-corrected chi connectivity index (χ1v) is 8.07. The molecule has 4 nitrogen and oxygen atoms in total. The average Bonchev–Trinajstić information content (AvgIpc) is 2.66. The van der Waals surface area contributed by atoms with E-state index in [2.05, 4.69) is 10.2 Å². The number of azo groups is 1. The molecule has 0 spiro atoms. The summed E-state index contributed by atoms with van der Waals surface area (Å²) in [5, 5.41) is 8.03. The Morgan fingerprint density at radius 3 is 2.46 bits per heavy atom. The topological polar surface area (TPSA) is 51.0 Å². The number of hydrogen-bond acceptors (Lipinski definition) is 4. The highest BCUT2D eigenvalue weighted by Gasteiger charge is 2.21. The van der Waals surface area contributed by atoms with Crippen molar-refractivity contribution in [3.63, 3.8) is 0 Å². The maximum Gasteiger partial charge on any atom is 0.223 e. The van der Waals surface area contributed by atoms with E-state index in [-0.39, 0.29) is 17.4 Å². The summed E-state index contributed by atoms with van der Waals surface area (Å²) in [5.41, 5.74) is 2.91. The molecule has 0 radical (unpaired) electrons. The predicted octanol–water partition coefficient (Wildman–Crippen LogP) is 5.08. The van der Waals surface area contributed by atoms with Crippen LogP contribution in [0.15, 0.2) is 100 Å². The van der Waals surface area contributed by atoms with Crippen molar-refractivity contribution in [1.29, 1.82) is 0 Å². The number of rotatable bonds is 5. The summed E-state index contributed by atoms with van der Waals surface area (Å²) < 4.78 is 18.1. The molecule has 0 aromatic heterocycles. The molecule has 0 aliphatic heterocycles. The molecule has 1 aliphatic rings. The first kappa shape index (κ1) is 17.5. The predicted molar refractivity (Wildman–Crippen MR) is 97.3 cm³/mol. The van der Waals surface area contributed by atoms with Gasteiger partial charge in [-0.3, -0.25) is 4.79 Å². The SMILES string of the molecule is COC1=CC(=CN=Nc2ccc(F)cc2)C=C(Cc2ccccc2)C1=O. The molecule has 0 saturated carbocycles. The molecule has 0 amide bonds. The van der Waals surface area contributed by atoms with Gasteiger partial charge in [0.2, 0.25) is 5.78 Å². The maximum atomic E-state index is 12.9. The lowest BCUT2D eigenvalue weighted by molar-refractivity contribution is -0.115. The Labute approximate surface area is 151 Å². The second-order valence-electron chi connectivity index (χ2n) is 5.69. The zero-order chi connectivity index (χ0) is 18.4. The number of carbonyl (C=O) groups excluding carboxylic acids is 1. The summed E-state index contributed by atoms with van der Waals surface area (Å²) in [6.45, 7) is 0. The van der Waals surface area contributed by atoms with Crippen LogP contribution in [0, 0.1) is 5.82 Å². The molecule has 1 aliphatic carbocycles. The molecule has 0 bridgehead atoms. The van der Waals surface area contributed by atoms with Gasteiger partial charge in [0.25, 0.3) is 0 Å². The van der Waals surface area contributed by atoms with Gasteiger partial charge < -0.3 is 4.74 Å². The summed E-state index contributed by atoms with van der Waals surface area (Å²) in [6, 6.07) is 15.5. The van der Waals surface area contributed by atoms with Crippen molar-refractivity contribution >= 4 is 11.5 Å². The van der Waals surface area contributed by atoms with Crippen LogP contribution in [0.5, 0.6) is 0 Å². The lowest BCUT2D eigenvalue weighted by Gasteiger charge is -2.14. The Kier molecular flexibility index (Phi) is 5.49. The molecule has 0 unspecified atom stereocenters. The van der Waals surface area contributed by atoms with Crippen LogP contribution in [-0.2, 0) is 16.0 Å². The van der Waals surface area contributed by atoms with E-state index in [1.165, 1.54) is 31.4 Å². The summed E-state index contributed by atoms with van der Waals surface area (Å²) >= 11 is 0. The van der Waals surface area contributed by atoms with Crippen molar-refractivity contribution < 1.29 is 13.9 Å². The van der Waals surface area contributed by atoms with Crippen LogP contribution in [0.3, 0.4) is 0 Å². The number of halogens is 1. The number of allylic oxidation sites excluding steroid dienone is 4. The van der Waals surface area contributed by atoms with Gasteiger partial charge in [0.1, 0.15) is 5.82 Å². The number of benzene rings is 2. The quantitative estimate of drug-likeness (QED) is 0.708. The normalized spacial score (nSPS) is 15.9. The Morgan fingerprint density at radius 1 is 1.04 bits per heavy atom. The fourth-order valence-electron chi connectivity index (χ4n) is 2.53. The Balaban J connectivity index is 1.83. The fourth-order valence-corrected chi connectivity index (χ4v) is 2.53. The molecule has 5 heteroatoms. The Bertz CT molecular complexity index is 911. The third-order valence-corrected chi connectivity index (χ3v) is 3.82. The molecular formula is C21H17FN2O2. The molecule has 0 N–H and O–H groups in total. The lowest BCUT2D eigenvalue weighted by Crippen LogP contribution is -2.14. The average molecular weight is 348 g/mol. The number of ketones is 1. The molecule has 3 rings (SSSR count). The highest BCUT2D eigenvalue weighted by molar-refractivity contribution is 6.09. The molecule has 0 atom stereocenters. The number of carbonyl (C=O) groups is 1. The minimum absolute atomic E-state index is 0.135. The molecule has 0 heterocycles. The fraction of sp³-hybridized carbons (Fsp3) is 0.0952. The van der Waals surface area contributed by atoms with Crippen molar-refractivity contribution in [2.24, 2.45) is 10.2 Å². The molecule has 0 fully saturated rings. The van der Waals surface area contributed by atoms with E-state index in [0.29, 0.717) is 23.3 Å². The summed E-state index contributed by atoms with van der Waals surface area (Å²) in [7, 11) is 1.47. The minimum atomic E-state index is -0.325. The zero-order valence-corrected chi connectivity index (χ0v) is 14.2. The van der Waals surface area contributed by atoms with Crippen LogP contribution in [0.1, 0.15) is 5.56 Å². The summed E-state index contributed by atoms with van der Waals surface area (Å²) in [5.74, 6) is -0.195. The van der Waals surface area contributed by atoms with Crippen LogP contribution in [-0.4, -0.2) is 12.9 Å². The summed E-state index contributed by atoms with van der Waals surface area (Å²) in [4.78, 5) is 12.5. The van der Waals surface area contributed by atoms with Crippen molar-refractivity contribution in [1.82, 2.24) is 0 Å². The Hall–Kier alpha value is -3.34. The second-order valence-corrected chi connectivity index (χ2v) is 5.69. The molecule has 130 valence electrons. The molecule has 2 aromatic carbocycles. The minimum Gasteiger partial charge on any atom is -0.493 e. The molecule has 2 aromatic rings. The lowest BCUT2D eigenvalue weighted by atomic mass is 9.94. The number of ether oxygens (including phenoxy) is 1. The van der Waals surface area contributed by atoms with Gasteiger partial charge in [0.05, 0.1) is 19.0 Å². The first-order chi connectivity index (χ1) is 12.7. The van der Waals surface area contributed by atoms with Gasteiger partial charge in [0, 0.05) is 12.0 Å². The molecular weight excluding hydrogens is 331 g/mol. The standard InChI is InChI=1S/C21H17FN2O2/c1-26-20-13-16(14-23-24-19-9-7-18(22)8-10-19)12-17(21(20)25)11-15-5-3-2-4-6-15/h2-10,12-14H,11H2,1H3. The van der Waals surface area contributed by atoms with Gasteiger partial charge >= 0.3 is 0 Å². The first-order valence-electron chi connectivity index (χ1n) is 8.07. The van der Waals surface area contributed by atoms with E-state index in [0.717, 1.165) is 5.56 Å². The molecule has 0 saturated heterocycles. The number of nitrogens with zero attached hydrogens (tertiary/aromatic N) is 2. The highest BCUT2D eigenvalue weighted by Crippen LogP contribution is 2.23.